The van der Waals surface area contributed by atoms with Crippen LogP contribution in [0.5, 0.6) is 0 Å². The molecule has 1 aromatic rings. The van der Waals surface area contributed by atoms with Gasteiger partial charge in [-0.1, -0.05) is 0 Å². The summed E-state index contributed by atoms with van der Waals surface area (Å²) in [4.78, 5) is 23.5. The number of hydrogen-bond acceptors (Lipinski definition) is 6. The van der Waals surface area contributed by atoms with Crippen LogP contribution in [0, 0.1) is 0 Å². The highest BCUT2D eigenvalue weighted by molar-refractivity contribution is 7.14. The maximum absolute atomic E-state index is 11.8. The fourth-order valence-corrected chi connectivity index (χ4v) is 2.55. The lowest BCUT2D eigenvalue weighted by Crippen LogP contribution is -2.59. The molecule has 2 heterocycles. The molecule has 1 saturated heterocycles. The summed E-state index contributed by atoms with van der Waals surface area (Å²) in [5, 5.41) is 8.01. The summed E-state index contributed by atoms with van der Waals surface area (Å²) in [6.07, 6.45) is 0. The minimum Gasteiger partial charge on any atom is -0.462 e. The third-order valence-corrected chi connectivity index (χ3v) is 3.79. The minimum absolute atomic E-state index is 0.0294. The van der Waals surface area contributed by atoms with Crippen molar-refractivity contribution in [1.82, 2.24) is 5.32 Å². The highest BCUT2D eigenvalue weighted by Crippen LogP contribution is 2.24. The van der Waals surface area contributed by atoms with Gasteiger partial charge in [-0.15, -0.1) is 11.3 Å². The van der Waals surface area contributed by atoms with E-state index in [4.69, 9.17) is 9.47 Å². The van der Waals surface area contributed by atoms with E-state index < -0.39 is 5.97 Å². The average Bonchev–Trinajstić information content (AvgIpc) is 2.82. The van der Waals surface area contributed by atoms with E-state index in [1.165, 1.54) is 11.3 Å². The summed E-state index contributed by atoms with van der Waals surface area (Å²) in [6.45, 7) is 5.45. The van der Waals surface area contributed by atoms with Crippen molar-refractivity contribution >= 4 is 28.2 Å². The maximum Gasteiger partial charge on any atom is 0.341 e. The number of ether oxygens (including phenoxy) is 2. The Morgan fingerprint density at radius 2 is 2.25 bits per heavy atom. The first-order valence-corrected chi connectivity index (χ1v) is 7.31. The zero-order valence-electron chi connectivity index (χ0n) is 11.5. The van der Waals surface area contributed by atoms with Crippen molar-refractivity contribution in [3.8, 4) is 0 Å². The molecular formula is C13H18N2O4S. The van der Waals surface area contributed by atoms with E-state index in [-0.39, 0.29) is 18.1 Å². The van der Waals surface area contributed by atoms with Crippen LogP contribution in [0.25, 0.3) is 0 Å². The van der Waals surface area contributed by atoms with Gasteiger partial charge < -0.3 is 20.1 Å². The monoisotopic (exact) mass is 298 g/mol. The fraction of sp³-hybridized carbons (Fsp3) is 0.538. The quantitative estimate of drug-likeness (QED) is 0.773. The Hall–Kier alpha value is -1.44. The molecule has 0 atom stereocenters. The van der Waals surface area contributed by atoms with Crippen LogP contribution in [0.15, 0.2) is 11.4 Å². The minimum atomic E-state index is -0.430. The highest BCUT2D eigenvalue weighted by atomic mass is 32.1. The van der Waals surface area contributed by atoms with Gasteiger partial charge in [-0.25, -0.2) is 4.79 Å². The van der Waals surface area contributed by atoms with E-state index in [0.717, 1.165) is 13.1 Å². The molecule has 2 rings (SSSR count). The predicted octanol–water partition coefficient (Wildman–Crippen LogP) is 1.24. The van der Waals surface area contributed by atoms with Gasteiger partial charge in [0.2, 0.25) is 0 Å². The molecule has 1 fully saturated rings. The summed E-state index contributed by atoms with van der Waals surface area (Å²) in [5.41, 5.74) is 0.109. The van der Waals surface area contributed by atoms with Crippen LogP contribution in [-0.4, -0.2) is 43.8 Å². The SMILES string of the molecule is CCOC(=O)c1ccsc1NC(=O)COC1(C)CNC1. The molecule has 2 N–H and O–H groups in total. The van der Waals surface area contributed by atoms with Crippen molar-refractivity contribution in [2.24, 2.45) is 0 Å². The number of esters is 1. The summed E-state index contributed by atoms with van der Waals surface area (Å²) in [6, 6.07) is 1.64. The lowest BCUT2D eigenvalue weighted by molar-refractivity contribution is -0.130. The summed E-state index contributed by atoms with van der Waals surface area (Å²) >= 11 is 1.28. The van der Waals surface area contributed by atoms with Crippen LogP contribution in [0.4, 0.5) is 5.00 Å². The lowest BCUT2D eigenvalue weighted by atomic mass is 10.0. The number of carbonyl (C=O) groups excluding carboxylic acids is 2. The number of hydrogen-bond donors (Lipinski definition) is 2. The smallest absolute Gasteiger partial charge is 0.341 e. The van der Waals surface area contributed by atoms with Gasteiger partial charge >= 0.3 is 5.97 Å². The molecule has 6 nitrogen and oxygen atoms in total. The normalized spacial score (nSPS) is 16.3. The van der Waals surface area contributed by atoms with Crippen LogP contribution < -0.4 is 10.6 Å². The Morgan fingerprint density at radius 3 is 2.85 bits per heavy atom. The van der Waals surface area contributed by atoms with Gasteiger partial charge in [0.15, 0.2) is 0 Å². The molecular weight excluding hydrogens is 280 g/mol. The molecule has 7 heteroatoms. The summed E-state index contributed by atoms with van der Waals surface area (Å²) < 4.78 is 10.5. The third kappa shape index (κ3) is 3.56. The molecule has 0 bridgehead atoms. The Bertz CT molecular complexity index is 496. The molecule has 1 amide bonds. The van der Waals surface area contributed by atoms with E-state index in [2.05, 4.69) is 10.6 Å². The van der Waals surface area contributed by atoms with E-state index in [0.29, 0.717) is 17.2 Å². The van der Waals surface area contributed by atoms with Crippen LogP contribution >= 0.6 is 11.3 Å². The topological polar surface area (TPSA) is 76.7 Å². The van der Waals surface area contributed by atoms with E-state index in [1.54, 1.807) is 18.4 Å². The zero-order chi connectivity index (χ0) is 14.6. The largest absolute Gasteiger partial charge is 0.462 e. The van der Waals surface area contributed by atoms with Crippen molar-refractivity contribution in [3.63, 3.8) is 0 Å². The molecule has 0 radical (unpaired) electrons. The molecule has 0 unspecified atom stereocenters. The van der Waals surface area contributed by atoms with Gasteiger partial charge in [0.25, 0.3) is 5.91 Å². The summed E-state index contributed by atoms with van der Waals surface area (Å²) in [5.74, 6) is -0.703. The molecule has 0 spiro atoms. The standard InChI is InChI=1S/C13H18N2O4S/c1-3-18-12(17)9-4-5-20-11(9)15-10(16)6-19-13(2)7-14-8-13/h4-5,14H,3,6-8H2,1-2H3,(H,15,16). The Balaban J connectivity index is 1.88. The number of nitrogens with one attached hydrogen (secondary N) is 2. The molecule has 0 saturated carbocycles. The van der Waals surface area contributed by atoms with E-state index >= 15 is 0 Å². The molecule has 1 aliphatic heterocycles. The van der Waals surface area contributed by atoms with Crippen molar-refractivity contribution in [1.29, 1.82) is 0 Å². The second kappa shape index (κ2) is 6.34. The third-order valence-electron chi connectivity index (χ3n) is 2.96. The summed E-state index contributed by atoms with van der Waals surface area (Å²) in [7, 11) is 0. The van der Waals surface area contributed by atoms with Crippen molar-refractivity contribution in [2.75, 3.05) is 31.6 Å². The molecule has 20 heavy (non-hydrogen) atoms. The molecule has 1 aliphatic rings. The zero-order valence-corrected chi connectivity index (χ0v) is 12.3. The number of thiophene rings is 1. The first-order valence-electron chi connectivity index (χ1n) is 6.43. The van der Waals surface area contributed by atoms with Gasteiger partial charge in [-0.2, -0.15) is 0 Å². The molecule has 0 aliphatic carbocycles. The first-order chi connectivity index (χ1) is 9.54. The van der Waals surface area contributed by atoms with E-state index in [1.807, 2.05) is 6.92 Å². The second-order valence-corrected chi connectivity index (χ2v) is 5.69. The molecule has 1 aromatic heterocycles. The van der Waals surface area contributed by atoms with Gasteiger partial charge in [0.05, 0.1) is 17.8 Å². The second-order valence-electron chi connectivity index (χ2n) is 4.77. The number of rotatable bonds is 6. The van der Waals surface area contributed by atoms with Crippen LogP contribution in [0.3, 0.4) is 0 Å². The Morgan fingerprint density at radius 1 is 1.50 bits per heavy atom. The van der Waals surface area contributed by atoms with Crippen molar-refractivity contribution in [3.05, 3.63) is 17.0 Å². The predicted molar refractivity (Wildman–Crippen MR) is 76.1 cm³/mol. The van der Waals surface area contributed by atoms with Gasteiger partial charge in [-0.05, 0) is 25.3 Å². The average molecular weight is 298 g/mol. The Labute approximate surface area is 121 Å². The van der Waals surface area contributed by atoms with Crippen molar-refractivity contribution < 1.29 is 19.1 Å². The van der Waals surface area contributed by atoms with Gasteiger partial charge in [-0.3, -0.25) is 4.79 Å². The fourth-order valence-electron chi connectivity index (χ4n) is 1.76. The maximum atomic E-state index is 11.8. The van der Waals surface area contributed by atoms with E-state index in [9.17, 15) is 9.59 Å². The Kier molecular flexibility index (Phi) is 4.74. The molecule has 0 aromatic carbocycles. The van der Waals surface area contributed by atoms with Gasteiger partial charge in [0, 0.05) is 13.1 Å². The van der Waals surface area contributed by atoms with Crippen LogP contribution in [-0.2, 0) is 14.3 Å². The van der Waals surface area contributed by atoms with Gasteiger partial charge in [0.1, 0.15) is 11.6 Å². The number of anilines is 1. The number of amides is 1. The van der Waals surface area contributed by atoms with Crippen LogP contribution in [0.1, 0.15) is 24.2 Å². The molecule has 110 valence electrons. The van der Waals surface area contributed by atoms with Crippen molar-refractivity contribution in [2.45, 2.75) is 19.4 Å². The lowest BCUT2D eigenvalue weighted by Gasteiger charge is -2.38. The first kappa shape index (κ1) is 15.0. The highest BCUT2D eigenvalue weighted by Gasteiger charge is 2.33. The van der Waals surface area contributed by atoms with Crippen LogP contribution in [0.2, 0.25) is 0 Å². The number of carbonyl (C=O) groups is 2.